The third-order valence-electron chi connectivity index (χ3n) is 6.86. The number of alkyl halides is 6. The second kappa shape index (κ2) is 12.3. The van der Waals surface area contributed by atoms with E-state index in [4.69, 9.17) is 4.74 Å². The first-order valence-corrected chi connectivity index (χ1v) is 13.1. The number of benzene rings is 2. The van der Waals surface area contributed by atoms with Gasteiger partial charge in [0, 0.05) is 33.1 Å². The van der Waals surface area contributed by atoms with Crippen molar-refractivity contribution in [2.24, 2.45) is 5.92 Å². The van der Waals surface area contributed by atoms with E-state index in [1.807, 2.05) is 0 Å². The minimum Gasteiger partial charge on any atom is -0.444 e. The molecule has 1 aliphatic heterocycles. The van der Waals surface area contributed by atoms with Gasteiger partial charge in [0.25, 0.3) is 0 Å². The Balaban J connectivity index is 1.84. The van der Waals surface area contributed by atoms with Crippen LogP contribution in [0.4, 0.5) is 35.5 Å². The Morgan fingerprint density at radius 3 is 2.05 bits per heavy atom. The molecule has 3 rings (SSSR count). The molecule has 1 fully saturated rings. The highest BCUT2D eigenvalue weighted by atomic mass is 19.4. The first kappa shape index (κ1) is 32.2. The van der Waals surface area contributed by atoms with Gasteiger partial charge in [-0.2, -0.15) is 26.3 Å². The van der Waals surface area contributed by atoms with Gasteiger partial charge in [-0.25, -0.2) is 9.18 Å². The fourth-order valence-electron chi connectivity index (χ4n) is 4.91. The van der Waals surface area contributed by atoms with E-state index in [-0.39, 0.29) is 30.5 Å². The highest BCUT2D eigenvalue weighted by molar-refractivity contribution is 5.77. The smallest absolute Gasteiger partial charge is 0.416 e. The third-order valence-corrected chi connectivity index (χ3v) is 6.86. The number of carbonyl (C=O) groups excluding carboxylic acids is 2. The van der Waals surface area contributed by atoms with Crippen LogP contribution in [0.1, 0.15) is 68.2 Å². The molecule has 0 bridgehead atoms. The van der Waals surface area contributed by atoms with Gasteiger partial charge in [0.05, 0.1) is 11.1 Å². The van der Waals surface area contributed by atoms with E-state index in [9.17, 15) is 40.3 Å². The summed E-state index contributed by atoms with van der Waals surface area (Å²) in [5.41, 5.74) is -3.33. The minimum atomic E-state index is -5.01. The summed E-state index contributed by atoms with van der Waals surface area (Å²) in [6.45, 7) is 5.44. The largest absolute Gasteiger partial charge is 0.444 e. The number of carbonyl (C=O) groups is 2. The number of likely N-dealkylation sites (tertiary alicyclic amines) is 1. The van der Waals surface area contributed by atoms with Crippen molar-refractivity contribution < 1.29 is 45.1 Å². The molecule has 0 aromatic heterocycles. The topological polar surface area (TPSA) is 49.9 Å². The van der Waals surface area contributed by atoms with Crippen LogP contribution in [0.2, 0.25) is 0 Å². The second-order valence-electron chi connectivity index (χ2n) is 11.4. The van der Waals surface area contributed by atoms with Gasteiger partial charge in [0.1, 0.15) is 11.4 Å². The lowest BCUT2D eigenvalue weighted by atomic mass is 9.79. The highest BCUT2D eigenvalue weighted by Gasteiger charge is 2.38. The summed E-state index contributed by atoms with van der Waals surface area (Å²) in [7, 11) is 1.30. The lowest BCUT2D eigenvalue weighted by Crippen LogP contribution is -2.44. The molecule has 0 aliphatic carbocycles. The maximum atomic E-state index is 13.7. The molecule has 2 amide bonds. The monoisotopic (exact) mass is 590 g/mol. The van der Waals surface area contributed by atoms with Crippen molar-refractivity contribution in [1.29, 1.82) is 0 Å². The first-order chi connectivity index (χ1) is 18.8. The van der Waals surface area contributed by atoms with Gasteiger partial charge in [-0.3, -0.25) is 4.79 Å². The van der Waals surface area contributed by atoms with Gasteiger partial charge in [0.15, 0.2) is 0 Å². The summed E-state index contributed by atoms with van der Waals surface area (Å²) in [4.78, 5) is 28.6. The van der Waals surface area contributed by atoms with Crippen molar-refractivity contribution in [2.75, 3.05) is 20.1 Å². The molecule has 12 heteroatoms. The number of ether oxygens (including phenoxy) is 1. The summed E-state index contributed by atoms with van der Waals surface area (Å²) in [6.07, 6.45) is -9.41. The SMILES string of the molecule is CN(Cc1cc(C(F)(F)F)cc(C(F)(F)F)c1)C(=O)CC(c1ccc(F)cc1)C1CCCN(C(=O)OC(C)(C)C)C1. The van der Waals surface area contributed by atoms with Gasteiger partial charge in [0.2, 0.25) is 5.91 Å². The minimum absolute atomic E-state index is 0.0371. The molecular weight excluding hydrogens is 557 g/mol. The summed E-state index contributed by atoms with van der Waals surface area (Å²) < 4.78 is 98.9. The van der Waals surface area contributed by atoms with Crippen LogP contribution >= 0.6 is 0 Å². The van der Waals surface area contributed by atoms with Crippen molar-refractivity contribution in [3.05, 3.63) is 70.5 Å². The van der Waals surface area contributed by atoms with Crippen LogP contribution in [-0.4, -0.2) is 47.5 Å². The highest BCUT2D eigenvalue weighted by Crippen LogP contribution is 2.38. The van der Waals surface area contributed by atoms with Crippen LogP contribution in [0.5, 0.6) is 0 Å². The molecule has 0 spiro atoms. The standard InChI is InChI=1S/C29H33F7N2O3/c1-27(2,3)41-26(40)38-11-5-6-20(17-38)24(19-7-9-23(30)10-8-19)15-25(39)37(4)16-18-12-21(28(31,32)33)14-22(13-18)29(34,35)36/h7-10,12-14,20,24H,5-6,11,15-17H2,1-4H3. The molecule has 0 N–H and O–H groups in total. The van der Waals surface area contributed by atoms with E-state index in [1.165, 1.54) is 31.3 Å². The molecule has 0 radical (unpaired) electrons. The average Bonchev–Trinajstić information content (AvgIpc) is 2.85. The lowest BCUT2D eigenvalue weighted by Gasteiger charge is -2.38. The van der Waals surface area contributed by atoms with Crippen LogP contribution < -0.4 is 0 Å². The Kier molecular flexibility index (Phi) is 9.65. The van der Waals surface area contributed by atoms with Crippen molar-refractivity contribution >= 4 is 12.0 Å². The van der Waals surface area contributed by atoms with Crippen LogP contribution in [0.15, 0.2) is 42.5 Å². The van der Waals surface area contributed by atoms with Crippen LogP contribution in [0.3, 0.4) is 0 Å². The van der Waals surface area contributed by atoms with Crippen molar-refractivity contribution in [2.45, 2.75) is 70.4 Å². The Hall–Kier alpha value is -3.31. The van der Waals surface area contributed by atoms with Gasteiger partial charge in [-0.05, 0) is 86.9 Å². The van der Waals surface area contributed by atoms with E-state index in [0.29, 0.717) is 37.1 Å². The summed E-state index contributed by atoms with van der Waals surface area (Å²) in [5, 5.41) is 0. The van der Waals surface area contributed by atoms with E-state index in [2.05, 4.69) is 0 Å². The van der Waals surface area contributed by atoms with Gasteiger partial charge < -0.3 is 14.5 Å². The zero-order chi connectivity index (χ0) is 30.8. The molecule has 0 saturated carbocycles. The summed E-state index contributed by atoms with van der Waals surface area (Å²) >= 11 is 0. The van der Waals surface area contributed by atoms with Gasteiger partial charge in [-0.1, -0.05) is 12.1 Å². The normalized spacial score (nSPS) is 17.2. The first-order valence-electron chi connectivity index (χ1n) is 13.1. The second-order valence-corrected chi connectivity index (χ2v) is 11.4. The van der Waals surface area contributed by atoms with Crippen LogP contribution in [0, 0.1) is 11.7 Å². The van der Waals surface area contributed by atoms with Crippen molar-refractivity contribution in [3.8, 4) is 0 Å². The maximum Gasteiger partial charge on any atom is 0.416 e. The molecule has 226 valence electrons. The van der Waals surface area contributed by atoms with Gasteiger partial charge >= 0.3 is 18.4 Å². The number of hydrogen-bond acceptors (Lipinski definition) is 3. The van der Waals surface area contributed by atoms with Crippen LogP contribution in [0.25, 0.3) is 0 Å². The van der Waals surface area contributed by atoms with Crippen molar-refractivity contribution in [1.82, 2.24) is 9.80 Å². The molecule has 2 atom stereocenters. The fraction of sp³-hybridized carbons (Fsp3) is 0.517. The Morgan fingerprint density at radius 1 is 0.976 bits per heavy atom. The number of piperidine rings is 1. The van der Waals surface area contributed by atoms with Crippen molar-refractivity contribution in [3.63, 3.8) is 0 Å². The number of amides is 2. The molecule has 41 heavy (non-hydrogen) atoms. The molecule has 1 aliphatic rings. The zero-order valence-corrected chi connectivity index (χ0v) is 23.2. The van der Waals surface area contributed by atoms with E-state index < -0.39 is 59.4 Å². The molecule has 1 saturated heterocycles. The maximum absolute atomic E-state index is 13.7. The Morgan fingerprint density at radius 2 is 1.54 bits per heavy atom. The van der Waals surface area contributed by atoms with Crippen LogP contribution in [-0.2, 0) is 28.4 Å². The van der Waals surface area contributed by atoms with E-state index in [1.54, 1.807) is 25.7 Å². The molecular formula is C29H33F7N2O3. The third kappa shape index (κ3) is 9.09. The quantitative estimate of drug-likeness (QED) is 0.325. The lowest BCUT2D eigenvalue weighted by molar-refractivity contribution is -0.143. The number of nitrogens with zero attached hydrogens (tertiary/aromatic N) is 2. The average molecular weight is 591 g/mol. The fourth-order valence-corrected chi connectivity index (χ4v) is 4.91. The zero-order valence-electron chi connectivity index (χ0n) is 23.2. The molecule has 2 unspecified atom stereocenters. The predicted octanol–water partition coefficient (Wildman–Crippen LogP) is 7.64. The number of rotatable bonds is 6. The predicted molar refractivity (Wildman–Crippen MR) is 137 cm³/mol. The summed E-state index contributed by atoms with van der Waals surface area (Å²) in [5.74, 6) is -1.74. The van der Waals surface area contributed by atoms with E-state index in [0.717, 1.165) is 4.90 Å². The number of halogens is 7. The Labute approximate surface area is 234 Å². The summed E-state index contributed by atoms with van der Waals surface area (Å²) in [6, 6.07) is 6.77. The molecule has 2 aromatic rings. The molecule has 2 aromatic carbocycles. The molecule has 1 heterocycles. The van der Waals surface area contributed by atoms with Gasteiger partial charge in [-0.15, -0.1) is 0 Å². The Bertz CT molecular complexity index is 1190. The number of hydrogen-bond donors (Lipinski definition) is 0. The molecule has 5 nitrogen and oxygen atoms in total. The van der Waals surface area contributed by atoms with E-state index >= 15 is 0 Å².